The number of hydrogen-bond acceptors (Lipinski definition) is 5. The predicted molar refractivity (Wildman–Crippen MR) is 170 cm³/mol. The molecule has 2 saturated heterocycles. The molecule has 41 heavy (non-hydrogen) atoms. The fourth-order valence-corrected chi connectivity index (χ4v) is 6.85. The van der Waals surface area contributed by atoms with Crippen molar-refractivity contribution in [2.24, 2.45) is 5.92 Å². The minimum Gasteiger partial charge on any atom is -0.378 e. The predicted octanol–water partition coefficient (Wildman–Crippen LogP) is 7.13. The normalized spacial score (nSPS) is 17.9. The summed E-state index contributed by atoms with van der Waals surface area (Å²) >= 11 is 0. The van der Waals surface area contributed by atoms with Crippen molar-refractivity contribution in [2.75, 3.05) is 62.4 Å². The van der Waals surface area contributed by atoms with Crippen LogP contribution in [0.1, 0.15) is 38.7 Å². The SMILES string of the molecule is CCC(C)C(C)c1cccc2c3ccccc3n3c(-c4c(N5CCOCC5)cccc4N4CCOCC4)cnc3c12. The van der Waals surface area contributed by atoms with Crippen LogP contribution in [0.25, 0.3) is 38.6 Å². The van der Waals surface area contributed by atoms with E-state index in [2.05, 4.69) is 102 Å². The number of hydrogen-bond donors (Lipinski definition) is 0. The van der Waals surface area contributed by atoms with Gasteiger partial charge in [0.1, 0.15) is 5.65 Å². The summed E-state index contributed by atoms with van der Waals surface area (Å²) in [7, 11) is 0. The molecule has 2 aliphatic rings. The highest BCUT2D eigenvalue weighted by Crippen LogP contribution is 2.44. The first-order valence-corrected chi connectivity index (χ1v) is 15.3. The highest BCUT2D eigenvalue weighted by Gasteiger charge is 2.27. The Kier molecular flexibility index (Phi) is 7.05. The zero-order valence-electron chi connectivity index (χ0n) is 24.5. The van der Waals surface area contributed by atoms with E-state index < -0.39 is 0 Å². The Morgan fingerprint density at radius 1 is 0.756 bits per heavy atom. The molecule has 2 unspecified atom stereocenters. The van der Waals surface area contributed by atoms with Gasteiger partial charge in [-0.3, -0.25) is 4.40 Å². The van der Waals surface area contributed by atoms with E-state index in [1.807, 2.05) is 0 Å². The second-order valence-corrected chi connectivity index (χ2v) is 11.6. The van der Waals surface area contributed by atoms with Crippen LogP contribution in [0.15, 0.2) is 66.9 Å². The van der Waals surface area contributed by atoms with Crippen molar-refractivity contribution in [1.29, 1.82) is 0 Å². The molecule has 6 nitrogen and oxygen atoms in total. The van der Waals surface area contributed by atoms with Crippen LogP contribution in [0.2, 0.25) is 0 Å². The summed E-state index contributed by atoms with van der Waals surface area (Å²) in [5.74, 6) is 1.01. The van der Waals surface area contributed by atoms with E-state index in [9.17, 15) is 0 Å². The molecule has 0 aliphatic carbocycles. The quantitative estimate of drug-likeness (QED) is 0.211. The van der Waals surface area contributed by atoms with Crippen molar-refractivity contribution in [3.05, 3.63) is 72.4 Å². The van der Waals surface area contributed by atoms with E-state index in [0.29, 0.717) is 11.8 Å². The van der Waals surface area contributed by atoms with Crippen molar-refractivity contribution in [3.63, 3.8) is 0 Å². The van der Waals surface area contributed by atoms with E-state index in [4.69, 9.17) is 14.5 Å². The molecular formula is C35H40N4O2. The van der Waals surface area contributed by atoms with E-state index in [1.165, 1.54) is 44.2 Å². The van der Waals surface area contributed by atoms with Gasteiger partial charge in [0, 0.05) is 53.9 Å². The minimum atomic E-state index is 0.429. The molecule has 2 atom stereocenters. The maximum Gasteiger partial charge on any atom is 0.145 e. The Labute approximate surface area is 242 Å². The molecule has 0 saturated carbocycles. The van der Waals surface area contributed by atoms with Crippen molar-refractivity contribution in [1.82, 2.24) is 9.38 Å². The summed E-state index contributed by atoms with van der Waals surface area (Å²) in [6.07, 6.45) is 3.27. The first kappa shape index (κ1) is 26.3. The lowest BCUT2D eigenvalue weighted by Crippen LogP contribution is -2.38. The van der Waals surface area contributed by atoms with E-state index in [0.717, 1.165) is 70.4 Å². The van der Waals surface area contributed by atoms with Gasteiger partial charge in [-0.05, 0) is 41.0 Å². The first-order valence-electron chi connectivity index (χ1n) is 15.3. The van der Waals surface area contributed by atoms with Gasteiger partial charge in [0.05, 0.1) is 43.8 Å². The largest absolute Gasteiger partial charge is 0.378 e. The molecule has 5 aromatic rings. The average Bonchev–Trinajstić information content (AvgIpc) is 3.49. The lowest BCUT2D eigenvalue weighted by Gasteiger charge is -2.35. The molecule has 3 aromatic carbocycles. The molecule has 0 radical (unpaired) electrons. The highest BCUT2D eigenvalue weighted by atomic mass is 16.5. The summed E-state index contributed by atoms with van der Waals surface area (Å²) in [5.41, 5.74) is 8.53. The molecule has 0 N–H and O–H groups in total. The van der Waals surface area contributed by atoms with Gasteiger partial charge in [-0.2, -0.15) is 0 Å². The second-order valence-electron chi connectivity index (χ2n) is 11.6. The van der Waals surface area contributed by atoms with Gasteiger partial charge in [-0.25, -0.2) is 4.98 Å². The third-order valence-electron chi connectivity index (χ3n) is 9.49. The van der Waals surface area contributed by atoms with Crippen molar-refractivity contribution < 1.29 is 9.47 Å². The van der Waals surface area contributed by atoms with Crippen LogP contribution < -0.4 is 9.80 Å². The molecular weight excluding hydrogens is 508 g/mol. The van der Waals surface area contributed by atoms with Crippen molar-refractivity contribution in [2.45, 2.75) is 33.1 Å². The molecule has 0 spiro atoms. The first-order chi connectivity index (χ1) is 20.2. The lowest BCUT2D eigenvalue weighted by atomic mass is 9.84. The standard InChI is InChI=1S/C35H40N4O2/c1-4-24(2)25(3)26-10-7-11-28-27-9-5-6-12-29(27)39-32(23-36-35(39)33(26)28)34-30(37-15-19-40-20-16-37)13-8-14-31(34)38-17-21-41-22-18-38/h5-14,23-25H,4,15-22H2,1-3H3. The maximum atomic E-state index is 5.75. The van der Waals surface area contributed by atoms with Crippen molar-refractivity contribution in [3.8, 4) is 11.3 Å². The molecule has 4 heterocycles. The number of anilines is 2. The molecule has 6 heteroatoms. The maximum absolute atomic E-state index is 5.75. The van der Waals surface area contributed by atoms with Gasteiger partial charge in [-0.1, -0.05) is 69.7 Å². The van der Waals surface area contributed by atoms with E-state index in [-0.39, 0.29) is 0 Å². The summed E-state index contributed by atoms with van der Waals surface area (Å²) in [6.45, 7) is 13.6. The van der Waals surface area contributed by atoms with Gasteiger partial charge >= 0.3 is 0 Å². The van der Waals surface area contributed by atoms with Gasteiger partial charge in [0.15, 0.2) is 0 Å². The van der Waals surface area contributed by atoms with Crippen LogP contribution in [-0.4, -0.2) is 62.0 Å². The zero-order chi connectivity index (χ0) is 27.9. The zero-order valence-corrected chi connectivity index (χ0v) is 24.5. The smallest absolute Gasteiger partial charge is 0.145 e. The fourth-order valence-electron chi connectivity index (χ4n) is 6.85. The number of ether oxygens (including phenoxy) is 2. The van der Waals surface area contributed by atoms with Crippen molar-refractivity contribution >= 4 is 38.7 Å². The molecule has 7 rings (SSSR count). The number of rotatable bonds is 6. The Morgan fingerprint density at radius 2 is 1.37 bits per heavy atom. The summed E-state index contributed by atoms with van der Waals surface area (Å²) in [6, 6.07) is 22.4. The van der Waals surface area contributed by atoms with Crippen LogP contribution >= 0.6 is 0 Å². The van der Waals surface area contributed by atoms with E-state index >= 15 is 0 Å². The van der Waals surface area contributed by atoms with Gasteiger partial charge < -0.3 is 19.3 Å². The van der Waals surface area contributed by atoms with Gasteiger partial charge in [0.2, 0.25) is 0 Å². The van der Waals surface area contributed by atoms with Crippen LogP contribution in [0.5, 0.6) is 0 Å². The Bertz CT molecular complexity index is 1660. The van der Waals surface area contributed by atoms with Crippen LogP contribution in [0, 0.1) is 5.92 Å². The number of imidazole rings is 1. The average molecular weight is 549 g/mol. The molecule has 2 aliphatic heterocycles. The number of nitrogens with zero attached hydrogens (tertiary/aromatic N) is 4. The summed E-state index contributed by atoms with van der Waals surface area (Å²) < 4.78 is 13.9. The fraction of sp³-hybridized carbons (Fsp3) is 0.400. The monoisotopic (exact) mass is 548 g/mol. The summed E-state index contributed by atoms with van der Waals surface area (Å²) in [5, 5.41) is 3.83. The number of morpholine rings is 2. The highest BCUT2D eigenvalue weighted by molar-refractivity contribution is 6.14. The van der Waals surface area contributed by atoms with Gasteiger partial charge in [0.25, 0.3) is 0 Å². The Morgan fingerprint density at radius 3 is 2.02 bits per heavy atom. The Hall–Kier alpha value is -3.61. The number of benzene rings is 3. The number of pyridine rings is 1. The molecule has 2 fully saturated rings. The third kappa shape index (κ3) is 4.45. The second kappa shape index (κ2) is 11.0. The number of aromatic nitrogens is 2. The number of fused-ring (bicyclic) bond motifs is 6. The van der Waals surface area contributed by atoms with Gasteiger partial charge in [-0.15, -0.1) is 0 Å². The molecule has 212 valence electrons. The third-order valence-corrected chi connectivity index (χ3v) is 9.49. The van der Waals surface area contributed by atoms with Crippen LogP contribution in [-0.2, 0) is 9.47 Å². The minimum absolute atomic E-state index is 0.429. The topological polar surface area (TPSA) is 42.2 Å². The van der Waals surface area contributed by atoms with E-state index in [1.54, 1.807) is 0 Å². The molecule has 0 amide bonds. The lowest BCUT2D eigenvalue weighted by molar-refractivity contribution is 0.122. The number of para-hydroxylation sites is 1. The Balaban J connectivity index is 1.56. The summed E-state index contributed by atoms with van der Waals surface area (Å²) in [4.78, 5) is 10.2. The van der Waals surface area contributed by atoms with Crippen LogP contribution in [0.3, 0.4) is 0 Å². The molecule has 0 bridgehead atoms. The van der Waals surface area contributed by atoms with Crippen LogP contribution in [0.4, 0.5) is 11.4 Å². The molecule has 2 aromatic heterocycles.